The van der Waals surface area contributed by atoms with Crippen molar-refractivity contribution in [3.63, 3.8) is 0 Å². The number of nitrogens with zero attached hydrogens (tertiary/aromatic N) is 1. The van der Waals surface area contributed by atoms with Crippen LogP contribution in [0.15, 0.2) is 23.4 Å². The van der Waals surface area contributed by atoms with Crippen LogP contribution in [-0.2, 0) is 4.79 Å². The van der Waals surface area contributed by atoms with E-state index in [1.54, 1.807) is 0 Å². The maximum atomic E-state index is 13.1. The van der Waals surface area contributed by atoms with E-state index in [2.05, 4.69) is 10.5 Å². The summed E-state index contributed by atoms with van der Waals surface area (Å²) in [7, 11) is 0. The molecule has 1 rings (SSSR count). The van der Waals surface area contributed by atoms with Crippen molar-refractivity contribution >= 4 is 17.4 Å². The van der Waals surface area contributed by atoms with Gasteiger partial charge in [0.25, 0.3) is 0 Å². The second-order valence-corrected chi connectivity index (χ2v) is 2.94. The first-order valence-corrected chi connectivity index (χ1v) is 4.24. The second kappa shape index (κ2) is 5.06. The zero-order valence-corrected chi connectivity index (χ0v) is 8.08. The molecular weight excluding hydrogens is 220 g/mol. The van der Waals surface area contributed by atoms with Crippen molar-refractivity contribution in [2.45, 2.75) is 6.42 Å². The lowest BCUT2D eigenvalue weighted by atomic mass is 10.3. The zero-order chi connectivity index (χ0) is 12.1. The van der Waals surface area contributed by atoms with Crippen molar-refractivity contribution in [3.8, 4) is 0 Å². The molecule has 1 amide bonds. The molecule has 4 N–H and O–H groups in total. The highest BCUT2D eigenvalue weighted by Crippen LogP contribution is 2.14. The van der Waals surface area contributed by atoms with Crippen LogP contribution in [0.2, 0.25) is 0 Å². The Hall–Kier alpha value is -2.18. The summed E-state index contributed by atoms with van der Waals surface area (Å²) in [5, 5.41) is 12.9. The largest absolute Gasteiger partial charge is 0.409 e. The Labute approximate surface area is 89.6 Å². The van der Waals surface area contributed by atoms with Crippen molar-refractivity contribution in [1.82, 2.24) is 0 Å². The predicted molar refractivity (Wildman–Crippen MR) is 53.0 cm³/mol. The molecule has 0 bridgehead atoms. The zero-order valence-electron chi connectivity index (χ0n) is 8.08. The van der Waals surface area contributed by atoms with E-state index in [4.69, 9.17) is 10.9 Å². The van der Waals surface area contributed by atoms with Gasteiger partial charge in [0.05, 0.1) is 12.1 Å². The van der Waals surface area contributed by atoms with Gasteiger partial charge in [0.15, 0.2) is 0 Å². The molecule has 0 atom stereocenters. The van der Waals surface area contributed by atoms with Crippen LogP contribution in [0.3, 0.4) is 0 Å². The standard InChI is InChI=1S/C9H9F2N3O2/c10-5-1-2-7(6(11)3-5)13-9(15)4-8(12)14-16/h1-3,16H,4H2,(H2,12,14)(H,13,15). The normalized spacial score (nSPS) is 11.2. The lowest BCUT2D eigenvalue weighted by Gasteiger charge is -2.05. The molecule has 0 saturated heterocycles. The number of carbonyl (C=O) groups excluding carboxylic acids is 1. The second-order valence-electron chi connectivity index (χ2n) is 2.94. The quantitative estimate of drug-likeness (QED) is 0.313. The number of rotatable bonds is 3. The maximum Gasteiger partial charge on any atom is 0.232 e. The van der Waals surface area contributed by atoms with Crippen molar-refractivity contribution in [1.29, 1.82) is 0 Å². The third kappa shape index (κ3) is 3.19. The highest BCUT2D eigenvalue weighted by atomic mass is 19.1. The molecule has 0 saturated carbocycles. The summed E-state index contributed by atoms with van der Waals surface area (Å²) in [6.45, 7) is 0. The van der Waals surface area contributed by atoms with Gasteiger partial charge < -0.3 is 16.3 Å². The van der Waals surface area contributed by atoms with Crippen LogP contribution in [0, 0.1) is 11.6 Å². The molecule has 0 spiro atoms. The van der Waals surface area contributed by atoms with E-state index < -0.39 is 17.5 Å². The topological polar surface area (TPSA) is 87.7 Å². The minimum absolute atomic E-state index is 0.169. The van der Waals surface area contributed by atoms with E-state index in [1.807, 2.05) is 0 Å². The molecule has 1 aromatic rings. The van der Waals surface area contributed by atoms with Gasteiger partial charge in [-0.25, -0.2) is 8.78 Å². The fourth-order valence-corrected chi connectivity index (χ4v) is 0.985. The summed E-state index contributed by atoms with van der Waals surface area (Å²) in [6, 6.07) is 2.72. The number of anilines is 1. The Kier molecular flexibility index (Phi) is 3.76. The average molecular weight is 229 g/mol. The van der Waals surface area contributed by atoms with Crippen LogP contribution in [0.25, 0.3) is 0 Å². The lowest BCUT2D eigenvalue weighted by molar-refractivity contribution is -0.115. The van der Waals surface area contributed by atoms with Crippen LogP contribution in [0.5, 0.6) is 0 Å². The molecule has 86 valence electrons. The van der Waals surface area contributed by atoms with E-state index in [9.17, 15) is 13.6 Å². The maximum absolute atomic E-state index is 13.1. The highest BCUT2D eigenvalue weighted by Gasteiger charge is 2.09. The minimum atomic E-state index is -0.896. The van der Waals surface area contributed by atoms with Gasteiger partial charge in [0.1, 0.15) is 17.5 Å². The molecule has 0 fully saturated rings. The van der Waals surface area contributed by atoms with E-state index in [0.29, 0.717) is 6.07 Å². The van der Waals surface area contributed by atoms with E-state index in [1.165, 1.54) is 0 Å². The van der Waals surface area contributed by atoms with Crippen LogP contribution in [0.1, 0.15) is 6.42 Å². The molecule has 7 heteroatoms. The Balaban J connectivity index is 2.70. The smallest absolute Gasteiger partial charge is 0.232 e. The number of halogens is 2. The van der Waals surface area contributed by atoms with Gasteiger partial charge in [0.2, 0.25) is 5.91 Å². The van der Waals surface area contributed by atoms with Crippen LogP contribution in [0.4, 0.5) is 14.5 Å². The predicted octanol–water partition coefficient (Wildman–Crippen LogP) is 1.04. The SMILES string of the molecule is NC(CC(=O)Nc1ccc(F)cc1F)=NO. The highest BCUT2D eigenvalue weighted by molar-refractivity contribution is 6.04. The average Bonchev–Trinajstić information content (AvgIpc) is 2.22. The van der Waals surface area contributed by atoms with Gasteiger partial charge in [0, 0.05) is 6.07 Å². The van der Waals surface area contributed by atoms with Gasteiger partial charge in [-0.05, 0) is 12.1 Å². The van der Waals surface area contributed by atoms with Gasteiger partial charge in [-0.1, -0.05) is 5.16 Å². The molecule has 5 nitrogen and oxygen atoms in total. The Morgan fingerprint density at radius 2 is 2.19 bits per heavy atom. The molecule has 0 unspecified atom stereocenters. The molecule has 0 aliphatic heterocycles. The van der Waals surface area contributed by atoms with Gasteiger partial charge in [-0.2, -0.15) is 0 Å². The Bertz CT molecular complexity index is 435. The summed E-state index contributed by atoms with van der Waals surface area (Å²) in [4.78, 5) is 11.2. The van der Waals surface area contributed by atoms with Crippen molar-refractivity contribution in [3.05, 3.63) is 29.8 Å². The third-order valence-electron chi connectivity index (χ3n) is 1.68. The lowest BCUT2D eigenvalue weighted by Crippen LogP contribution is -2.22. The van der Waals surface area contributed by atoms with E-state index in [-0.39, 0.29) is 17.9 Å². The molecule has 0 heterocycles. The number of carbonyl (C=O) groups is 1. The molecular formula is C9H9F2N3O2. The number of amidine groups is 1. The van der Waals surface area contributed by atoms with Crippen molar-refractivity contribution < 1.29 is 18.8 Å². The Morgan fingerprint density at radius 1 is 1.50 bits per heavy atom. The molecule has 1 aromatic carbocycles. The fourth-order valence-electron chi connectivity index (χ4n) is 0.985. The first kappa shape index (κ1) is 11.9. The molecule has 0 radical (unpaired) electrons. The number of hydrogen-bond donors (Lipinski definition) is 3. The number of oxime groups is 1. The Morgan fingerprint density at radius 3 is 2.75 bits per heavy atom. The van der Waals surface area contributed by atoms with E-state index in [0.717, 1.165) is 12.1 Å². The monoisotopic (exact) mass is 229 g/mol. The van der Waals surface area contributed by atoms with Gasteiger partial charge in [-0.3, -0.25) is 4.79 Å². The number of benzene rings is 1. The van der Waals surface area contributed by atoms with Crippen LogP contribution >= 0.6 is 0 Å². The molecule has 16 heavy (non-hydrogen) atoms. The van der Waals surface area contributed by atoms with Crippen LogP contribution < -0.4 is 11.1 Å². The summed E-state index contributed by atoms with van der Waals surface area (Å²) in [6.07, 6.45) is -0.382. The number of nitrogens with two attached hydrogens (primary N) is 1. The minimum Gasteiger partial charge on any atom is -0.409 e. The fraction of sp³-hybridized carbons (Fsp3) is 0.111. The summed E-state index contributed by atoms with van der Waals surface area (Å²) < 4.78 is 25.6. The summed E-state index contributed by atoms with van der Waals surface area (Å²) in [5.41, 5.74) is 4.91. The molecule has 0 aliphatic carbocycles. The van der Waals surface area contributed by atoms with E-state index >= 15 is 0 Å². The first-order chi connectivity index (χ1) is 7.52. The van der Waals surface area contributed by atoms with Gasteiger partial charge >= 0.3 is 0 Å². The van der Waals surface area contributed by atoms with Crippen molar-refractivity contribution in [2.24, 2.45) is 10.9 Å². The number of hydrogen-bond acceptors (Lipinski definition) is 3. The molecule has 0 aliphatic rings. The molecule has 0 aromatic heterocycles. The summed E-state index contributed by atoms with van der Waals surface area (Å²) in [5.74, 6) is -2.61. The third-order valence-corrected chi connectivity index (χ3v) is 1.68. The van der Waals surface area contributed by atoms with Gasteiger partial charge in [-0.15, -0.1) is 0 Å². The summed E-state index contributed by atoms with van der Waals surface area (Å²) >= 11 is 0. The number of nitrogens with one attached hydrogen (secondary N) is 1. The first-order valence-electron chi connectivity index (χ1n) is 4.24. The van der Waals surface area contributed by atoms with Crippen molar-refractivity contribution in [2.75, 3.05) is 5.32 Å². The van der Waals surface area contributed by atoms with Crippen LogP contribution in [-0.4, -0.2) is 17.0 Å². The number of amides is 1.